The summed E-state index contributed by atoms with van der Waals surface area (Å²) in [5.41, 5.74) is 2.51. The van der Waals surface area contributed by atoms with Crippen molar-refractivity contribution in [2.75, 3.05) is 0 Å². The van der Waals surface area contributed by atoms with Gasteiger partial charge in [-0.1, -0.05) is 31.2 Å². The first kappa shape index (κ1) is 10.8. The van der Waals surface area contributed by atoms with E-state index in [1.165, 1.54) is 11.1 Å². The average Bonchev–Trinajstić information content (AvgIpc) is 2.18. The van der Waals surface area contributed by atoms with Crippen LogP contribution in [0.15, 0.2) is 24.3 Å². The van der Waals surface area contributed by atoms with Crippen LogP contribution in [0.1, 0.15) is 30.9 Å². The zero-order chi connectivity index (χ0) is 10.4. The predicted octanol–water partition coefficient (Wildman–Crippen LogP) is 1.32. The molecular weight excluding hydrogens is 176 g/mol. The van der Waals surface area contributed by atoms with Gasteiger partial charge in [-0.05, 0) is 36.8 Å². The second-order valence-corrected chi connectivity index (χ2v) is 3.40. The molecule has 0 N–H and O–H groups in total. The molecule has 1 rings (SSSR count). The maximum Gasteiger partial charge on any atom is 0.0414 e. The molecule has 0 aliphatic rings. The van der Waals surface area contributed by atoms with Crippen LogP contribution < -0.4 is 5.11 Å². The van der Waals surface area contributed by atoms with Crippen molar-refractivity contribution < 1.29 is 9.90 Å². The molecule has 0 aliphatic heterocycles. The lowest BCUT2D eigenvalue weighted by Gasteiger charge is -2.03. The smallest absolute Gasteiger partial charge is 0.0414 e. The maximum atomic E-state index is 10.2. The first-order chi connectivity index (χ1) is 6.72. The van der Waals surface area contributed by atoms with Gasteiger partial charge in [-0.2, -0.15) is 0 Å². The molecule has 1 aromatic carbocycles. The Kier molecular flexibility index (Phi) is 4.17. The lowest BCUT2D eigenvalue weighted by Crippen LogP contribution is -2.21. The van der Waals surface area contributed by atoms with Crippen LogP contribution in [0.4, 0.5) is 0 Å². The first-order valence-electron chi connectivity index (χ1n) is 5.00. The van der Waals surface area contributed by atoms with Crippen LogP contribution in [0.3, 0.4) is 0 Å². The predicted molar refractivity (Wildman–Crippen MR) is 53.8 cm³/mol. The van der Waals surface area contributed by atoms with Crippen LogP contribution in [-0.4, -0.2) is 5.97 Å². The minimum absolute atomic E-state index is 0.148. The molecular formula is C12H15O2-. The molecule has 14 heavy (non-hydrogen) atoms. The van der Waals surface area contributed by atoms with Crippen LogP contribution in [0.2, 0.25) is 0 Å². The molecule has 0 amide bonds. The maximum absolute atomic E-state index is 10.2. The van der Waals surface area contributed by atoms with E-state index >= 15 is 0 Å². The molecule has 0 aliphatic carbocycles. The van der Waals surface area contributed by atoms with Crippen molar-refractivity contribution in [2.24, 2.45) is 0 Å². The highest BCUT2D eigenvalue weighted by Crippen LogP contribution is 2.08. The Balaban J connectivity index is 2.40. The van der Waals surface area contributed by atoms with Gasteiger partial charge in [-0.3, -0.25) is 0 Å². The highest BCUT2D eigenvalue weighted by molar-refractivity contribution is 5.64. The van der Waals surface area contributed by atoms with Gasteiger partial charge in [0, 0.05) is 5.97 Å². The van der Waals surface area contributed by atoms with Crippen molar-refractivity contribution in [3.05, 3.63) is 35.4 Å². The van der Waals surface area contributed by atoms with Crippen molar-refractivity contribution in [2.45, 2.75) is 32.6 Å². The Morgan fingerprint density at radius 2 is 1.79 bits per heavy atom. The minimum Gasteiger partial charge on any atom is -0.550 e. The second kappa shape index (κ2) is 5.43. The number of carbonyl (C=O) groups is 1. The molecule has 0 unspecified atom stereocenters. The SMILES string of the molecule is CCc1ccc(CCCC(=O)[O-])cc1. The Morgan fingerprint density at radius 3 is 2.29 bits per heavy atom. The Bertz CT molecular complexity index is 288. The molecule has 1 aromatic rings. The number of benzene rings is 1. The number of aliphatic carboxylic acids is 1. The molecule has 0 saturated carbocycles. The highest BCUT2D eigenvalue weighted by Gasteiger charge is 1.94. The minimum atomic E-state index is -0.963. The lowest BCUT2D eigenvalue weighted by molar-refractivity contribution is -0.305. The van der Waals surface area contributed by atoms with E-state index in [1.807, 2.05) is 0 Å². The van der Waals surface area contributed by atoms with E-state index in [0.717, 1.165) is 12.8 Å². The molecule has 0 heterocycles. The van der Waals surface area contributed by atoms with Gasteiger partial charge in [0.15, 0.2) is 0 Å². The third-order valence-electron chi connectivity index (χ3n) is 2.28. The summed E-state index contributed by atoms with van der Waals surface area (Å²) in [5.74, 6) is -0.963. The molecule has 0 aromatic heterocycles. The van der Waals surface area contributed by atoms with Gasteiger partial charge in [0.05, 0.1) is 0 Å². The lowest BCUT2D eigenvalue weighted by atomic mass is 10.1. The van der Waals surface area contributed by atoms with Crippen LogP contribution >= 0.6 is 0 Å². The van der Waals surface area contributed by atoms with Gasteiger partial charge in [0.25, 0.3) is 0 Å². The highest BCUT2D eigenvalue weighted by atomic mass is 16.4. The summed E-state index contributed by atoms with van der Waals surface area (Å²) in [5, 5.41) is 10.2. The number of carboxylic acid groups (broad SMARTS) is 1. The Morgan fingerprint density at radius 1 is 1.21 bits per heavy atom. The number of carbonyl (C=O) groups excluding carboxylic acids is 1. The van der Waals surface area contributed by atoms with Gasteiger partial charge >= 0.3 is 0 Å². The van der Waals surface area contributed by atoms with Gasteiger partial charge in [-0.25, -0.2) is 0 Å². The van der Waals surface area contributed by atoms with Gasteiger partial charge in [0.1, 0.15) is 0 Å². The number of carboxylic acids is 1. The molecule has 0 bridgehead atoms. The van der Waals surface area contributed by atoms with Gasteiger partial charge < -0.3 is 9.90 Å². The Hall–Kier alpha value is -1.31. The van der Waals surface area contributed by atoms with Crippen LogP contribution in [0.5, 0.6) is 0 Å². The van der Waals surface area contributed by atoms with E-state index in [0.29, 0.717) is 6.42 Å². The fraction of sp³-hybridized carbons (Fsp3) is 0.417. The summed E-state index contributed by atoms with van der Waals surface area (Å²) in [7, 11) is 0. The van der Waals surface area contributed by atoms with E-state index in [1.54, 1.807) is 0 Å². The van der Waals surface area contributed by atoms with Crippen LogP contribution in [0, 0.1) is 0 Å². The van der Waals surface area contributed by atoms with Crippen LogP contribution in [-0.2, 0) is 17.6 Å². The molecule has 0 spiro atoms. The van der Waals surface area contributed by atoms with Crippen molar-refractivity contribution in [3.8, 4) is 0 Å². The number of hydrogen-bond donors (Lipinski definition) is 0. The standard InChI is InChI=1S/C12H16O2/c1-2-10-6-8-11(9-7-10)4-3-5-12(13)14/h6-9H,2-5H2,1H3,(H,13,14)/p-1. The molecule has 0 radical (unpaired) electrons. The largest absolute Gasteiger partial charge is 0.550 e. The quantitative estimate of drug-likeness (QED) is 0.704. The monoisotopic (exact) mass is 191 g/mol. The van der Waals surface area contributed by atoms with Crippen molar-refractivity contribution in [1.82, 2.24) is 0 Å². The normalized spacial score (nSPS) is 10.1. The number of aryl methyl sites for hydroxylation is 2. The summed E-state index contributed by atoms with van der Waals surface area (Å²) in [6.07, 6.45) is 2.67. The summed E-state index contributed by atoms with van der Waals surface area (Å²) in [4.78, 5) is 10.2. The zero-order valence-corrected chi connectivity index (χ0v) is 8.45. The molecule has 2 nitrogen and oxygen atoms in total. The molecule has 76 valence electrons. The number of hydrogen-bond acceptors (Lipinski definition) is 2. The fourth-order valence-corrected chi connectivity index (χ4v) is 1.38. The summed E-state index contributed by atoms with van der Waals surface area (Å²) < 4.78 is 0. The van der Waals surface area contributed by atoms with E-state index in [-0.39, 0.29) is 6.42 Å². The first-order valence-corrected chi connectivity index (χ1v) is 5.00. The fourth-order valence-electron chi connectivity index (χ4n) is 1.38. The molecule has 0 fully saturated rings. The third kappa shape index (κ3) is 3.60. The average molecular weight is 191 g/mol. The zero-order valence-electron chi connectivity index (χ0n) is 8.45. The van der Waals surface area contributed by atoms with E-state index in [9.17, 15) is 9.90 Å². The third-order valence-corrected chi connectivity index (χ3v) is 2.28. The second-order valence-electron chi connectivity index (χ2n) is 3.40. The van der Waals surface area contributed by atoms with Crippen LogP contribution in [0.25, 0.3) is 0 Å². The molecule has 0 saturated heterocycles. The van der Waals surface area contributed by atoms with E-state index in [2.05, 4.69) is 31.2 Å². The summed E-state index contributed by atoms with van der Waals surface area (Å²) in [6.45, 7) is 2.12. The van der Waals surface area contributed by atoms with Crippen molar-refractivity contribution in [1.29, 1.82) is 0 Å². The molecule has 2 heteroatoms. The van der Waals surface area contributed by atoms with Gasteiger partial charge in [0.2, 0.25) is 0 Å². The topological polar surface area (TPSA) is 40.1 Å². The van der Waals surface area contributed by atoms with Crippen molar-refractivity contribution >= 4 is 5.97 Å². The Labute approximate surface area is 84.6 Å². The van der Waals surface area contributed by atoms with E-state index in [4.69, 9.17) is 0 Å². The summed E-state index contributed by atoms with van der Waals surface area (Å²) in [6, 6.07) is 8.31. The number of rotatable bonds is 5. The van der Waals surface area contributed by atoms with Crippen molar-refractivity contribution in [3.63, 3.8) is 0 Å². The summed E-state index contributed by atoms with van der Waals surface area (Å²) >= 11 is 0. The van der Waals surface area contributed by atoms with Gasteiger partial charge in [-0.15, -0.1) is 0 Å². The molecule has 0 atom stereocenters. The van der Waals surface area contributed by atoms with E-state index < -0.39 is 5.97 Å².